The molecule has 1 aromatic carbocycles. The number of fused-ring (bicyclic) bond motifs is 1. The maximum Gasteiger partial charge on any atom is 0.147 e. The largest absolute Gasteiger partial charge is 0.484 e. The molecule has 3 aromatic rings. The van der Waals surface area contributed by atoms with Crippen molar-refractivity contribution in [1.82, 2.24) is 10.3 Å². The molecule has 0 aliphatic rings. The summed E-state index contributed by atoms with van der Waals surface area (Å²) >= 11 is 5.90. The van der Waals surface area contributed by atoms with Crippen molar-refractivity contribution in [2.45, 2.75) is 13.2 Å². The molecule has 0 aliphatic carbocycles. The predicted octanol–water partition coefficient (Wildman–Crippen LogP) is 3.78. The number of ether oxygens (including phenoxy) is 1. The molecule has 0 atom stereocenters. The van der Waals surface area contributed by atoms with Gasteiger partial charge in [-0.1, -0.05) is 29.8 Å². The quantitative estimate of drug-likeness (QED) is 0.779. The van der Waals surface area contributed by atoms with Gasteiger partial charge >= 0.3 is 0 Å². The Balaban J connectivity index is 1.87. The molecular formula is C16H15ClN2O2. The molecule has 0 fully saturated rings. The molecule has 0 saturated heterocycles. The summed E-state index contributed by atoms with van der Waals surface area (Å²) in [5.74, 6) is 1.43. The molecule has 108 valence electrons. The third-order valence-electron chi connectivity index (χ3n) is 3.19. The molecule has 0 unspecified atom stereocenters. The average molecular weight is 303 g/mol. The van der Waals surface area contributed by atoms with Gasteiger partial charge in [0.25, 0.3) is 0 Å². The second kappa shape index (κ2) is 6.16. The van der Waals surface area contributed by atoms with Crippen LogP contribution in [0.15, 0.2) is 47.1 Å². The van der Waals surface area contributed by atoms with Gasteiger partial charge < -0.3 is 14.5 Å². The Bertz CT molecular complexity index is 755. The first-order chi connectivity index (χ1) is 10.3. The van der Waals surface area contributed by atoms with Crippen LogP contribution in [0.3, 0.4) is 0 Å². The normalized spacial score (nSPS) is 11.0. The summed E-state index contributed by atoms with van der Waals surface area (Å²) in [7, 11) is 1.91. The number of aromatic nitrogens is 1. The van der Waals surface area contributed by atoms with E-state index in [0.29, 0.717) is 17.4 Å². The molecule has 5 heteroatoms. The number of hydrogen-bond acceptors (Lipinski definition) is 4. The van der Waals surface area contributed by atoms with Crippen LogP contribution in [0.2, 0.25) is 5.02 Å². The summed E-state index contributed by atoms with van der Waals surface area (Å²) in [4.78, 5) is 4.00. The van der Waals surface area contributed by atoms with E-state index >= 15 is 0 Å². The van der Waals surface area contributed by atoms with Crippen molar-refractivity contribution in [1.29, 1.82) is 0 Å². The number of nitrogens with zero attached hydrogens (tertiary/aromatic N) is 1. The number of rotatable bonds is 5. The minimum Gasteiger partial charge on any atom is -0.484 e. The van der Waals surface area contributed by atoms with Crippen molar-refractivity contribution in [3.63, 3.8) is 0 Å². The van der Waals surface area contributed by atoms with Crippen LogP contribution in [0, 0.1) is 0 Å². The van der Waals surface area contributed by atoms with E-state index in [0.717, 1.165) is 28.8 Å². The molecule has 0 spiro atoms. The van der Waals surface area contributed by atoms with Crippen LogP contribution in [0.1, 0.15) is 11.3 Å². The smallest absolute Gasteiger partial charge is 0.147 e. The number of hydrogen-bond donors (Lipinski definition) is 1. The monoisotopic (exact) mass is 302 g/mol. The van der Waals surface area contributed by atoms with Gasteiger partial charge in [-0.2, -0.15) is 0 Å². The summed E-state index contributed by atoms with van der Waals surface area (Å²) in [6.07, 6.45) is 3.20. The highest BCUT2D eigenvalue weighted by Crippen LogP contribution is 2.27. The zero-order chi connectivity index (χ0) is 14.7. The van der Waals surface area contributed by atoms with E-state index in [9.17, 15) is 0 Å². The standard InChI is InChI=1S/C16H15ClN2O2/c1-18-9-14-13-4-2-3-5-15(13)21-16(14)10-20-12-6-11(17)7-19-8-12/h2-8,18H,9-10H2,1H3. The molecule has 0 radical (unpaired) electrons. The highest BCUT2D eigenvalue weighted by Gasteiger charge is 2.13. The number of halogens is 1. The lowest BCUT2D eigenvalue weighted by Crippen LogP contribution is -2.07. The predicted molar refractivity (Wildman–Crippen MR) is 82.6 cm³/mol. The number of pyridine rings is 1. The van der Waals surface area contributed by atoms with Crippen LogP contribution >= 0.6 is 11.6 Å². The Kier molecular flexibility index (Phi) is 4.08. The summed E-state index contributed by atoms with van der Waals surface area (Å²) in [5, 5.41) is 4.82. The topological polar surface area (TPSA) is 47.3 Å². The van der Waals surface area contributed by atoms with E-state index < -0.39 is 0 Å². The van der Waals surface area contributed by atoms with E-state index in [-0.39, 0.29) is 0 Å². The summed E-state index contributed by atoms with van der Waals surface area (Å²) in [5.41, 5.74) is 1.98. The molecule has 3 rings (SSSR count). The summed E-state index contributed by atoms with van der Waals surface area (Å²) in [6.45, 7) is 1.07. The van der Waals surface area contributed by atoms with E-state index in [1.807, 2.05) is 25.2 Å². The first-order valence-corrected chi connectivity index (χ1v) is 7.03. The van der Waals surface area contributed by atoms with Crippen molar-refractivity contribution < 1.29 is 9.15 Å². The lowest BCUT2D eigenvalue weighted by Gasteiger charge is -2.06. The van der Waals surface area contributed by atoms with Crippen LogP contribution in [-0.4, -0.2) is 12.0 Å². The third-order valence-corrected chi connectivity index (χ3v) is 3.39. The van der Waals surface area contributed by atoms with Crippen LogP contribution in [0.25, 0.3) is 11.0 Å². The highest BCUT2D eigenvalue weighted by atomic mass is 35.5. The Labute approximate surface area is 127 Å². The minimum absolute atomic E-state index is 0.341. The number of furan rings is 1. The molecule has 0 saturated carbocycles. The van der Waals surface area contributed by atoms with E-state index in [1.54, 1.807) is 18.5 Å². The fraction of sp³-hybridized carbons (Fsp3) is 0.188. The van der Waals surface area contributed by atoms with Crippen LogP contribution in [-0.2, 0) is 13.2 Å². The maximum atomic E-state index is 5.90. The lowest BCUT2D eigenvalue weighted by atomic mass is 10.1. The SMILES string of the molecule is CNCc1c(COc2cncc(Cl)c2)oc2ccccc12. The molecule has 0 aliphatic heterocycles. The van der Waals surface area contributed by atoms with Gasteiger partial charge in [0.2, 0.25) is 0 Å². The van der Waals surface area contributed by atoms with Gasteiger partial charge in [0, 0.05) is 29.8 Å². The van der Waals surface area contributed by atoms with Crippen molar-refractivity contribution in [3.05, 3.63) is 59.1 Å². The fourth-order valence-corrected chi connectivity index (χ4v) is 2.42. The highest BCUT2D eigenvalue weighted by molar-refractivity contribution is 6.30. The lowest BCUT2D eigenvalue weighted by molar-refractivity contribution is 0.271. The van der Waals surface area contributed by atoms with Gasteiger partial charge in [0.05, 0.1) is 11.2 Å². The molecule has 21 heavy (non-hydrogen) atoms. The van der Waals surface area contributed by atoms with Crippen molar-refractivity contribution in [2.24, 2.45) is 0 Å². The zero-order valence-corrected chi connectivity index (χ0v) is 12.4. The molecule has 2 aromatic heterocycles. The molecule has 2 heterocycles. The first-order valence-electron chi connectivity index (χ1n) is 6.65. The number of nitrogens with one attached hydrogen (secondary N) is 1. The second-order valence-electron chi connectivity index (χ2n) is 4.66. The van der Waals surface area contributed by atoms with Crippen LogP contribution in [0.5, 0.6) is 5.75 Å². The van der Waals surface area contributed by atoms with Crippen molar-refractivity contribution in [2.75, 3.05) is 7.05 Å². The summed E-state index contributed by atoms with van der Waals surface area (Å²) < 4.78 is 11.6. The van der Waals surface area contributed by atoms with E-state index in [2.05, 4.69) is 16.4 Å². The van der Waals surface area contributed by atoms with E-state index in [1.165, 1.54) is 0 Å². The van der Waals surface area contributed by atoms with Gasteiger partial charge in [-0.3, -0.25) is 4.98 Å². The molecular weight excluding hydrogens is 288 g/mol. The Morgan fingerprint density at radius 2 is 2.14 bits per heavy atom. The molecule has 0 bridgehead atoms. The van der Waals surface area contributed by atoms with Crippen molar-refractivity contribution in [3.8, 4) is 5.75 Å². The van der Waals surface area contributed by atoms with Gasteiger partial charge in [-0.25, -0.2) is 0 Å². The number of benzene rings is 1. The second-order valence-corrected chi connectivity index (χ2v) is 5.09. The summed E-state index contributed by atoms with van der Waals surface area (Å²) in [6, 6.07) is 9.70. The molecule has 0 amide bonds. The Morgan fingerprint density at radius 1 is 1.29 bits per heavy atom. The number of para-hydroxylation sites is 1. The van der Waals surface area contributed by atoms with Crippen LogP contribution in [0.4, 0.5) is 0 Å². The van der Waals surface area contributed by atoms with Gasteiger partial charge in [-0.15, -0.1) is 0 Å². The average Bonchev–Trinajstić information content (AvgIpc) is 2.84. The maximum absolute atomic E-state index is 5.90. The van der Waals surface area contributed by atoms with Gasteiger partial charge in [-0.05, 0) is 13.1 Å². The van der Waals surface area contributed by atoms with Crippen LogP contribution < -0.4 is 10.1 Å². The van der Waals surface area contributed by atoms with Gasteiger partial charge in [0.1, 0.15) is 23.7 Å². The third kappa shape index (κ3) is 3.01. The van der Waals surface area contributed by atoms with E-state index in [4.69, 9.17) is 20.8 Å². The minimum atomic E-state index is 0.341. The Hall–Kier alpha value is -2.04. The molecule has 1 N–H and O–H groups in total. The molecule has 4 nitrogen and oxygen atoms in total. The van der Waals surface area contributed by atoms with Gasteiger partial charge in [0.15, 0.2) is 0 Å². The Morgan fingerprint density at radius 3 is 2.95 bits per heavy atom. The fourth-order valence-electron chi connectivity index (χ4n) is 2.26. The first kappa shape index (κ1) is 13.9. The van der Waals surface area contributed by atoms with Crippen molar-refractivity contribution >= 4 is 22.6 Å². The zero-order valence-electron chi connectivity index (χ0n) is 11.6.